The lowest BCUT2D eigenvalue weighted by atomic mass is 9.95. The fraction of sp³-hybridized carbons (Fsp3) is 0.316. The summed E-state index contributed by atoms with van der Waals surface area (Å²) in [5.74, 6) is -0.0476. The van der Waals surface area contributed by atoms with Crippen LogP contribution in [0.3, 0.4) is 0 Å². The largest absolute Gasteiger partial charge is 0.489 e. The Bertz CT molecular complexity index is 742. The molecule has 0 radical (unpaired) electrons. The smallest absolute Gasteiger partial charge is 0.302 e. The van der Waals surface area contributed by atoms with Crippen LogP contribution in [-0.2, 0) is 21.6 Å². The molecule has 0 bridgehead atoms. The Kier molecular flexibility index (Phi) is 4.90. The maximum Gasteiger partial charge on any atom is 0.302 e. The molecule has 0 saturated heterocycles. The van der Waals surface area contributed by atoms with Crippen molar-refractivity contribution >= 4 is 21.9 Å². The normalized spacial score (nSPS) is 15.0. The Morgan fingerprint density at radius 2 is 1.96 bits per heavy atom. The van der Waals surface area contributed by atoms with Gasteiger partial charge in [0.25, 0.3) is 0 Å². The first kappa shape index (κ1) is 17.0. The average molecular weight is 393 g/mol. The van der Waals surface area contributed by atoms with Gasteiger partial charge >= 0.3 is 5.97 Å². The number of benzene rings is 2. The fourth-order valence-electron chi connectivity index (χ4n) is 2.68. The van der Waals surface area contributed by atoms with Gasteiger partial charge in [0.15, 0.2) is 0 Å². The van der Waals surface area contributed by atoms with Crippen molar-refractivity contribution in [3.05, 3.63) is 63.9 Å². The summed E-state index contributed by atoms with van der Waals surface area (Å²) in [4.78, 5) is 11.1. The summed E-state index contributed by atoms with van der Waals surface area (Å²) >= 11 is 3.22. The molecule has 1 aliphatic carbocycles. The van der Waals surface area contributed by atoms with Gasteiger partial charge in [-0.2, -0.15) is 0 Å². The predicted octanol–water partition coefficient (Wildman–Crippen LogP) is 4.76. The standard InChI is InChI=1S/C19H18BrFO3/c1-13(22)24-12-19(7-8-19)15-9-17(21)16(20)10-18(15)23-11-14-5-3-2-4-6-14/h2-6,9-10H,7-8,11-12H2,1H3. The molecule has 1 saturated carbocycles. The predicted molar refractivity (Wildman–Crippen MR) is 92.4 cm³/mol. The Morgan fingerprint density at radius 3 is 2.58 bits per heavy atom. The lowest BCUT2D eigenvalue weighted by Gasteiger charge is -2.20. The zero-order valence-electron chi connectivity index (χ0n) is 13.4. The van der Waals surface area contributed by atoms with Crippen molar-refractivity contribution in [3.8, 4) is 5.75 Å². The number of ether oxygens (including phenoxy) is 2. The SMILES string of the molecule is CC(=O)OCC1(c2cc(F)c(Br)cc2OCc2ccccc2)CC1. The zero-order chi connectivity index (χ0) is 17.2. The molecule has 2 aromatic carbocycles. The monoisotopic (exact) mass is 392 g/mol. The first-order chi connectivity index (χ1) is 11.5. The maximum atomic E-state index is 14.1. The van der Waals surface area contributed by atoms with E-state index in [4.69, 9.17) is 9.47 Å². The van der Waals surface area contributed by atoms with Crippen LogP contribution in [0, 0.1) is 5.82 Å². The number of carbonyl (C=O) groups excluding carboxylic acids is 1. The minimum absolute atomic E-state index is 0.255. The van der Waals surface area contributed by atoms with Gasteiger partial charge in [-0.3, -0.25) is 4.79 Å². The molecule has 0 aliphatic heterocycles. The van der Waals surface area contributed by atoms with Crippen LogP contribution in [0.15, 0.2) is 46.9 Å². The third-order valence-electron chi connectivity index (χ3n) is 4.24. The number of esters is 1. The molecule has 0 spiro atoms. The number of carbonyl (C=O) groups is 1. The first-order valence-corrected chi connectivity index (χ1v) is 8.59. The molecular formula is C19H18BrFO3. The number of hydrogen-bond acceptors (Lipinski definition) is 3. The summed E-state index contributed by atoms with van der Waals surface area (Å²) in [7, 11) is 0. The molecule has 24 heavy (non-hydrogen) atoms. The van der Waals surface area contributed by atoms with Crippen LogP contribution in [-0.4, -0.2) is 12.6 Å². The van der Waals surface area contributed by atoms with Crippen molar-refractivity contribution in [2.75, 3.05) is 6.61 Å². The second-order valence-electron chi connectivity index (χ2n) is 6.10. The molecule has 0 aromatic heterocycles. The third kappa shape index (κ3) is 3.78. The van der Waals surface area contributed by atoms with Gasteiger partial charge in [-0.15, -0.1) is 0 Å². The van der Waals surface area contributed by atoms with E-state index in [1.807, 2.05) is 30.3 Å². The lowest BCUT2D eigenvalue weighted by Crippen LogP contribution is -2.19. The highest BCUT2D eigenvalue weighted by atomic mass is 79.9. The Hall–Kier alpha value is -1.88. The van der Waals surface area contributed by atoms with E-state index in [2.05, 4.69) is 15.9 Å². The molecule has 2 aromatic rings. The average Bonchev–Trinajstić information content (AvgIpc) is 3.36. The van der Waals surface area contributed by atoms with Crippen molar-refractivity contribution in [3.63, 3.8) is 0 Å². The van der Waals surface area contributed by atoms with Gasteiger partial charge in [-0.05, 0) is 46.5 Å². The van der Waals surface area contributed by atoms with E-state index >= 15 is 0 Å². The molecule has 5 heteroatoms. The molecule has 0 heterocycles. The van der Waals surface area contributed by atoms with E-state index in [0.29, 0.717) is 16.8 Å². The lowest BCUT2D eigenvalue weighted by molar-refractivity contribution is -0.141. The van der Waals surface area contributed by atoms with Crippen LogP contribution in [0.1, 0.15) is 30.9 Å². The van der Waals surface area contributed by atoms with Gasteiger partial charge in [0.05, 0.1) is 4.47 Å². The molecule has 3 rings (SSSR count). The van der Waals surface area contributed by atoms with Gasteiger partial charge in [0.1, 0.15) is 24.8 Å². The van der Waals surface area contributed by atoms with Crippen molar-refractivity contribution in [1.82, 2.24) is 0 Å². The second-order valence-corrected chi connectivity index (χ2v) is 6.95. The summed E-state index contributed by atoms with van der Waals surface area (Å²) in [6.45, 7) is 2.03. The molecule has 1 aliphatic rings. The highest BCUT2D eigenvalue weighted by molar-refractivity contribution is 9.10. The molecular weight excluding hydrogens is 375 g/mol. The molecule has 3 nitrogen and oxygen atoms in total. The third-order valence-corrected chi connectivity index (χ3v) is 4.84. The van der Waals surface area contributed by atoms with Crippen LogP contribution < -0.4 is 4.74 Å². The molecule has 0 amide bonds. The summed E-state index contributed by atoms with van der Waals surface area (Å²) in [6, 6.07) is 12.9. The number of rotatable bonds is 6. The Balaban J connectivity index is 1.85. The van der Waals surface area contributed by atoms with E-state index in [1.54, 1.807) is 6.07 Å². The molecule has 126 valence electrons. The summed E-state index contributed by atoms with van der Waals surface area (Å²) in [5, 5.41) is 0. The van der Waals surface area contributed by atoms with E-state index in [9.17, 15) is 9.18 Å². The van der Waals surface area contributed by atoms with Crippen molar-refractivity contribution in [1.29, 1.82) is 0 Å². The van der Waals surface area contributed by atoms with Crippen molar-refractivity contribution < 1.29 is 18.7 Å². The molecule has 1 fully saturated rings. The van der Waals surface area contributed by atoms with Crippen LogP contribution in [0.25, 0.3) is 0 Å². The number of hydrogen-bond donors (Lipinski definition) is 0. The quantitative estimate of drug-likeness (QED) is 0.664. The zero-order valence-corrected chi connectivity index (χ0v) is 14.9. The van der Waals surface area contributed by atoms with Crippen LogP contribution >= 0.6 is 15.9 Å². The van der Waals surface area contributed by atoms with Crippen LogP contribution in [0.4, 0.5) is 4.39 Å². The fourth-order valence-corrected chi connectivity index (χ4v) is 3.00. The summed E-state index contributed by atoms with van der Waals surface area (Å²) in [5.41, 5.74) is 1.47. The maximum absolute atomic E-state index is 14.1. The van der Waals surface area contributed by atoms with E-state index < -0.39 is 0 Å². The minimum Gasteiger partial charge on any atom is -0.489 e. The highest BCUT2D eigenvalue weighted by Gasteiger charge is 2.47. The summed E-state index contributed by atoms with van der Waals surface area (Å²) < 4.78 is 25.6. The van der Waals surface area contributed by atoms with E-state index in [-0.39, 0.29) is 23.8 Å². The van der Waals surface area contributed by atoms with Crippen molar-refractivity contribution in [2.24, 2.45) is 0 Å². The van der Waals surface area contributed by atoms with Crippen LogP contribution in [0.5, 0.6) is 5.75 Å². The van der Waals surface area contributed by atoms with Gasteiger partial charge in [0.2, 0.25) is 0 Å². The molecule has 0 atom stereocenters. The second kappa shape index (κ2) is 6.93. The van der Waals surface area contributed by atoms with Crippen LogP contribution in [0.2, 0.25) is 0 Å². The van der Waals surface area contributed by atoms with Crippen molar-refractivity contribution in [2.45, 2.75) is 31.8 Å². The number of halogens is 2. The molecule has 0 N–H and O–H groups in total. The van der Waals surface area contributed by atoms with Gasteiger partial charge < -0.3 is 9.47 Å². The summed E-state index contributed by atoms with van der Waals surface area (Å²) in [6.07, 6.45) is 1.70. The van der Waals surface area contributed by atoms with Gasteiger partial charge in [0, 0.05) is 17.9 Å². The van der Waals surface area contributed by atoms with E-state index in [0.717, 1.165) is 24.0 Å². The topological polar surface area (TPSA) is 35.5 Å². The minimum atomic E-state index is -0.342. The molecule has 0 unspecified atom stereocenters. The highest BCUT2D eigenvalue weighted by Crippen LogP contribution is 2.52. The first-order valence-electron chi connectivity index (χ1n) is 7.80. The van der Waals surface area contributed by atoms with Gasteiger partial charge in [-0.25, -0.2) is 4.39 Å². The Morgan fingerprint density at radius 1 is 1.25 bits per heavy atom. The van der Waals surface area contributed by atoms with E-state index in [1.165, 1.54) is 13.0 Å². The Labute approximate surface area is 148 Å². The van der Waals surface area contributed by atoms with Gasteiger partial charge in [-0.1, -0.05) is 30.3 Å².